The molecule has 1 saturated heterocycles. The van der Waals surface area contributed by atoms with Crippen LogP contribution in [0.2, 0.25) is 0 Å². The van der Waals surface area contributed by atoms with Crippen molar-refractivity contribution in [2.75, 3.05) is 24.6 Å². The molecule has 1 fully saturated rings. The molecular weight excluding hydrogens is 212 g/mol. The van der Waals surface area contributed by atoms with Gasteiger partial charge in [-0.3, -0.25) is 0 Å². The van der Waals surface area contributed by atoms with Crippen LogP contribution in [0.15, 0.2) is 18.2 Å². The van der Waals surface area contributed by atoms with Crippen molar-refractivity contribution in [3.63, 3.8) is 0 Å². The van der Waals surface area contributed by atoms with Gasteiger partial charge in [-0.25, -0.2) is 0 Å². The van der Waals surface area contributed by atoms with Crippen molar-refractivity contribution in [2.45, 2.75) is 26.4 Å². The molecule has 1 atom stereocenters. The molecular formula is C14H18N2O. The average Bonchev–Trinajstić information content (AvgIpc) is 2.38. The number of hydrogen-bond donors (Lipinski definition) is 0. The summed E-state index contributed by atoms with van der Waals surface area (Å²) < 4.78 is 5.67. The normalized spacial score (nSPS) is 20.1. The maximum atomic E-state index is 9.19. The molecule has 1 heterocycles. The van der Waals surface area contributed by atoms with Gasteiger partial charge >= 0.3 is 0 Å². The molecule has 0 aliphatic carbocycles. The van der Waals surface area contributed by atoms with E-state index in [1.807, 2.05) is 12.1 Å². The number of benzene rings is 1. The van der Waals surface area contributed by atoms with E-state index in [4.69, 9.17) is 4.74 Å². The van der Waals surface area contributed by atoms with Crippen LogP contribution in [0.25, 0.3) is 0 Å². The molecule has 90 valence electrons. The van der Waals surface area contributed by atoms with Gasteiger partial charge in [0, 0.05) is 13.1 Å². The van der Waals surface area contributed by atoms with Gasteiger partial charge in [0.15, 0.2) is 0 Å². The van der Waals surface area contributed by atoms with Crippen molar-refractivity contribution >= 4 is 5.69 Å². The lowest BCUT2D eigenvalue weighted by Gasteiger charge is -2.35. The van der Waals surface area contributed by atoms with Crippen LogP contribution in [0.4, 0.5) is 5.69 Å². The van der Waals surface area contributed by atoms with Gasteiger partial charge in [-0.05, 0) is 25.0 Å². The van der Waals surface area contributed by atoms with Crippen LogP contribution >= 0.6 is 0 Å². The fraction of sp³-hybridized carbons (Fsp3) is 0.500. The first-order valence-corrected chi connectivity index (χ1v) is 6.12. The molecule has 0 amide bonds. The highest BCUT2D eigenvalue weighted by Gasteiger charge is 2.22. The number of nitrogens with zero attached hydrogens (tertiary/aromatic N) is 2. The van der Waals surface area contributed by atoms with Crippen molar-refractivity contribution < 1.29 is 4.74 Å². The number of aryl methyl sites for hydroxylation is 1. The van der Waals surface area contributed by atoms with E-state index >= 15 is 0 Å². The predicted octanol–water partition coefficient (Wildman–Crippen LogP) is 2.48. The van der Waals surface area contributed by atoms with Crippen molar-refractivity contribution in [3.05, 3.63) is 29.3 Å². The Morgan fingerprint density at radius 1 is 1.53 bits per heavy atom. The van der Waals surface area contributed by atoms with E-state index < -0.39 is 0 Å². The zero-order valence-electron chi connectivity index (χ0n) is 10.4. The second-order valence-electron chi connectivity index (χ2n) is 4.43. The lowest BCUT2D eigenvalue weighted by Crippen LogP contribution is -2.42. The third-order valence-corrected chi connectivity index (χ3v) is 3.27. The average molecular weight is 230 g/mol. The Kier molecular flexibility index (Phi) is 3.65. The monoisotopic (exact) mass is 230 g/mol. The first kappa shape index (κ1) is 11.9. The Morgan fingerprint density at radius 3 is 3.06 bits per heavy atom. The van der Waals surface area contributed by atoms with Gasteiger partial charge in [0.25, 0.3) is 0 Å². The van der Waals surface area contributed by atoms with Crippen LogP contribution < -0.4 is 4.90 Å². The fourth-order valence-electron chi connectivity index (χ4n) is 2.34. The zero-order valence-corrected chi connectivity index (χ0v) is 10.4. The quantitative estimate of drug-likeness (QED) is 0.783. The zero-order chi connectivity index (χ0) is 12.3. The van der Waals surface area contributed by atoms with Gasteiger partial charge in [-0.15, -0.1) is 0 Å². The molecule has 1 aromatic carbocycles. The molecule has 0 spiro atoms. The van der Waals surface area contributed by atoms with E-state index in [1.165, 1.54) is 5.56 Å². The van der Waals surface area contributed by atoms with Crippen LogP contribution in [0, 0.1) is 18.3 Å². The lowest BCUT2D eigenvalue weighted by molar-refractivity contribution is 0.0384. The second kappa shape index (κ2) is 5.20. The van der Waals surface area contributed by atoms with Crippen LogP contribution in [0.3, 0.4) is 0 Å². The molecule has 1 aliphatic heterocycles. The van der Waals surface area contributed by atoms with Crippen LogP contribution in [-0.4, -0.2) is 25.8 Å². The second-order valence-corrected chi connectivity index (χ2v) is 4.43. The summed E-state index contributed by atoms with van der Waals surface area (Å²) in [4.78, 5) is 2.28. The van der Waals surface area contributed by atoms with Crippen LogP contribution in [-0.2, 0) is 4.74 Å². The first-order chi connectivity index (χ1) is 8.26. The minimum atomic E-state index is 0.287. The topological polar surface area (TPSA) is 36.3 Å². The van der Waals surface area contributed by atoms with Crippen molar-refractivity contribution in [3.8, 4) is 6.07 Å². The molecule has 2 rings (SSSR count). The summed E-state index contributed by atoms with van der Waals surface area (Å²) in [5, 5.41) is 9.19. The van der Waals surface area contributed by atoms with Crippen molar-refractivity contribution in [2.24, 2.45) is 0 Å². The smallest absolute Gasteiger partial charge is 0.101 e. The number of ether oxygens (including phenoxy) is 1. The van der Waals surface area contributed by atoms with E-state index in [0.29, 0.717) is 0 Å². The minimum absolute atomic E-state index is 0.287. The fourth-order valence-corrected chi connectivity index (χ4v) is 2.34. The van der Waals surface area contributed by atoms with Crippen molar-refractivity contribution in [1.29, 1.82) is 5.26 Å². The largest absolute Gasteiger partial charge is 0.375 e. The first-order valence-electron chi connectivity index (χ1n) is 6.12. The van der Waals surface area contributed by atoms with Gasteiger partial charge in [0.1, 0.15) is 6.07 Å². The molecule has 3 heteroatoms. The van der Waals surface area contributed by atoms with Gasteiger partial charge < -0.3 is 9.64 Å². The molecule has 0 radical (unpaired) electrons. The molecule has 1 aromatic rings. The Bertz CT molecular complexity index is 436. The van der Waals surface area contributed by atoms with E-state index in [0.717, 1.165) is 37.4 Å². The number of hydrogen-bond acceptors (Lipinski definition) is 3. The number of rotatable bonds is 2. The van der Waals surface area contributed by atoms with E-state index in [9.17, 15) is 5.26 Å². The number of nitriles is 1. The number of para-hydroxylation sites is 1. The summed E-state index contributed by atoms with van der Waals surface area (Å²) >= 11 is 0. The minimum Gasteiger partial charge on any atom is -0.375 e. The number of morpholine rings is 1. The van der Waals surface area contributed by atoms with E-state index in [-0.39, 0.29) is 6.10 Å². The summed E-state index contributed by atoms with van der Waals surface area (Å²) in [6, 6.07) is 8.17. The summed E-state index contributed by atoms with van der Waals surface area (Å²) in [7, 11) is 0. The molecule has 1 aliphatic rings. The Balaban J connectivity index is 2.30. The summed E-state index contributed by atoms with van der Waals surface area (Å²) in [5.74, 6) is 0. The molecule has 1 unspecified atom stereocenters. The molecule has 3 nitrogen and oxygen atoms in total. The van der Waals surface area contributed by atoms with Crippen LogP contribution in [0.1, 0.15) is 24.5 Å². The molecule has 0 saturated carbocycles. The van der Waals surface area contributed by atoms with E-state index in [1.54, 1.807) is 0 Å². The van der Waals surface area contributed by atoms with Gasteiger partial charge in [-0.1, -0.05) is 19.1 Å². The lowest BCUT2D eigenvalue weighted by atomic mass is 10.1. The Hall–Kier alpha value is -1.53. The highest BCUT2D eigenvalue weighted by molar-refractivity contribution is 5.64. The number of anilines is 1. The molecule has 0 aromatic heterocycles. The summed E-state index contributed by atoms with van der Waals surface area (Å²) in [6.07, 6.45) is 1.31. The highest BCUT2D eigenvalue weighted by Crippen LogP contribution is 2.26. The van der Waals surface area contributed by atoms with Crippen LogP contribution in [0.5, 0.6) is 0 Å². The SMILES string of the molecule is CCC1CN(c2c(C)cccc2C#N)CCO1. The predicted molar refractivity (Wildman–Crippen MR) is 68.1 cm³/mol. The molecule has 0 N–H and O–H groups in total. The third kappa shape index (κ3) is 2.42. The third-order valence-electron chi connectivity index (χ3n) is 3.27. The maximum absolute atomic E-state index is 9.19. The van der Waals surface area contributed by atoms with Gasteiger partial charge in [0.05, 0.1) is 24.0 Å². The van der Waals surface area contributed by atoms with E-state index in [2.05, 4.69) is 30.9 Å². The summed E-state index contributed by atoms with van der Waals surface area (Å²) in [5.41, 5.74) is 3.01. The summed E-state index contributed by atoms with van der Waals surface area (Å²) in [6.45, 7) is 6.70. The standard InChI is InChI=1S/C14H18N2O/c1-3-13-10-16(7-8-17-13)14-11(2)5-4-6-12(14)9-15/h4-6,13H,3,7-8,10H2,1-2H3. The Labute approximate surface area is 103 Å². The highest BCUT2D eigenvalue weighted by atomic mass is 16.5. The van der Waals surface area contributed by atoms with Crippen molar-refractivity contribution in [1.82, 2.24) is 0 Å². The molecule has 17 heavy (non-hydrogen) atoms. The molecule has 0 bridgehead atoms. The van der Waals surface area contributed by atoms with Gasteiger partial charge in [-0.2, -0.15) is 5.26 Å². The maximum Gasteiger partial charge on any atom is 0.101 e. The van der Waals surface area contributed by atoms with Gasteiger partial charge in [0.2, 0.25) is 0 Å². The Morgan fingerprint density at radius 2 is 2.35 bits per heavy atom.